The number of ether oxygens (including phenoxy) is 3. The van der Waals surface area contributed by atoms with E-state index >= 15 is 0 Å². The highest BCUT2D eigenvalue weighted by Gasteiger charge is 2.24. The molecule has 4 rings (SSSR count). The summed E-state index contributed by atoms with van der Waals surface area (Å²) >= 11 is 0. The minimum absolute atomic E-state index is 0.0482. The molecule has 3 aromatic rings. The van der Waals surface area contributed by atoms with Crippen LogP contribution in [0.3, 0.4) is 0 Å². The molecule has 9 nitrogen and oxygen atoms in total. The van der Waals surface area contributed by atoms with Crippen molar-refractivity contribution >= 4 is 23.3 Å². The van der Waals surface area contributed by atoms with Gasteiger partial charge in [-0.25, -0.2) is 4.98 Å². The van der Waals surface area contributed by atoms with E-state index in [-0.39, 0.29) is 11.8 Å². The van der Waals surface area contributed by atoms with E-state index in [4.69, 9.17) is 14.2 Å². The van der Waals surface area contributed by atoms with Crippen molar-refractivity contribution in [3.63, 3.8) is 0 Å². The standard InChI is InChI=1S/C26H28N4O5/c1-33-21-7-5-4-6-20(21)25(31)28-19-9-11-24(27-17-19)29-12-14-30(15-13-29)26(32)18-8-10-22(34-2)23(16-18)35-3/h4-11,16-17H,12-15H2,1-3H3,(H,28,31). The summed E-state index contributed by atoms with van der Waals surface area (Å²) in [5.74, 6) is 2.10. The van der Waals surface area contributed by atoms with Crippen LogP contribution < -0.4 is 24.4 Å². The normalized spacial score (nSPS) is 13.2. The van der Waals surface area contributed by atoms with Gasteiger partial charge in [-0.3, -0.25) is 9.59 Å². The fraction of sp³-hybridized carbons (Fsp3) is 0.269. The molecule has 1 aliphatic rings. The lowest BCUT2D eigenvalue weighted by Gasteiger charge is -2.35. The number of para-hydroxylation sites is 1. The van der Waals surface area contributed by atoms with Gasteiger partial charge in [-0.15, -0.1) is 0 Å². The quantitative estimate of drug-likeness (QED) is 0.559. The van der Waals surface area contributed by atoms with Crippen LogP contribution in [0.2, 0.25) is 0 Å². The van der Waals surface area contributed by atoms with Crippen molar-refractivity contribution in [1.82, 2.24) is 9.88 Å². The minimum atomic E-state index is -0.265. The molecule has 0 atom stereocenters. The van der Waals surface area contributed by atoms with Gasteiger partial charge in [0.25, 0.3) is 11.8 Å². The molecule has 9 heteroatoms. The van der Waals surface area contributed by atoms with Gasteiger partial charge in [0.05, 0.1) is 38.8 Å². The molecule has 182 valence electrons. The summed E-state index contributed by atoms with van der Waals surface area (Å²) in [4.78, 5) is 34.0. The molecular weight excluding hydrogens is 448 g/mol. The van der Waals surface area contributed by atoms with Crippen LogP contribution in [0, 0.1) is 0 Å². The second kappa shape index (κ2) is 10.8. The number of hydrogen-bond acceptors (Lipinski definition) is 7. The molecule has 0 radical (unpaired) electrons. The van der Waals surface area contributed by atoms with Crippen LogP contribution in [-0.4, -0.2) is 69.2 Å². The van der Waals surface area contributed by atoms with Gasteiger partial charge in [-0.05, 0) is 42.5 Å². The van der Waals surface area contributed by atoms with E-state index in [1.165, 1.54) is 7.11 Å². The van der Waals surface area contributed by atoms with Gasteiger partial charge in [0.15, 0.2) is 11.5 Å². The average molecular weight is 477 g/mol. The lowest BCUT2D eigenvalue weighted by molar-refractivity contribution is 0.0746. The van der Waals surface area contributed by atoms with Crippen LogP contribution in [0.15, 0.2) is 60.8 Å². The number of carbonyl (C=O) groups is 2. The van der Waals surface area contributed by atoms with E-state index in [1.54, 1.807) is 56.8 Å². The third-order valence-electron chi connectivity index (χ3n) is 5.88. The smallest absolute Gasteiger partial charge is 0.259 e. The molecule has 0 spiro atoms. The molecule has 0 aliphatic carbocycles. The van der Waals surface area contributed by atoms with E-state index in [0.29, 0.717) is 60.2 Å². The number of rotatable bonds is 7. The number of pyridine rings is 1. The molecule has 0 bridgehead atoms. The van der Waals surface area contributed by atoms with Gasteiger partial charge in [0, 0.05) is 31.7 Å². The lowest BCUT2D eigenvalue weighted by Crippen LogP contribution is -2.49. The first kappa shape index (κ1) is 23.9. The Bertz CT molecular complexity index is 1190. The number of methoxy groups -OCH3 is 3. The maximum absolute atomic E-state index is 13.0. The van der Waals surface area contributed by atoms with E-state index in [2.05, 4.69) is 15.2 Å². The van der Waals surface area contributed by atoms with E-state index < -0.39 is 0 Å². The molecule has 2 heterocycles. The molecular formula is C26H28N4O5. The van der Waals surface area contributed by atoms with Crippen molar-refractivity contribution < 1.29 is 23.8 Å². The van der Waals surface area contributed by atoms with Crippen LogP contribution >= 0.6 is 0 Å². The molecule has 35 heavy (non-hydrogen) atoms. The van der Waals surface area contributed by atoms with E-state index in [1.807, 2.05) is 23.1 Å². The minimum Gasteiger partial charge on any atom is -0.496 e. The molecule has 2 aromatic carbocycles. The van der Waals surface area contributed by atoms with Gasteiger partial charge < -0.3 is 29.3 Å². The fourth-order valence-corrected chi connectivity index (χ4v) is 3.97. The maximum Gasteiger partial charge on any atom is 0.259 e. The topological polar surface area (TPSA) is 93.2 Å². The van der Waals surface area contributed by atoms with Crippen molar-refractivity contribution in [2.75, 3.05) is 57.7 Å². The van der Waals surface area contributed by atoms with Crippen molar-refractivity contribution in [3.05, 3.63) is 71.9 Å². The summed E-state index contributed by atoms with van der Waals surface area (Å²) in [6.45, 7) is 2.44. The number of nitrogens with zero attached hydrogens (tertiary/aromatic N) is 3. The summed E-state index contributed by atoms with van der Waals surface area (Å²) in [6.07, 6.45) is 1.63. The van der Waals surface area contributed by atoms with Gasteiger partial charge >= 0.3 is 0 Å². The number of amides is 2. The van der Waals surface area contributed by atoms with Crippen molar-refractivity contribution in [2.45, 2.75) is 0 Å². The maximum atomic E-state index is 13.0. The molecule has 1 N–H and O–H groups in total. The first-order chi connectivity index (χ1) is 17.0. The van der Waals surface area contributed by atoms with E-state index in [9.17, 15) is 9.59 Å². The molecule has 1 fully saturated rings. The lowest BCUT2D eigenvalue weighted by atomic mass is 10.1. The SMILES string of the molecule is COc1ccc(C(=O)N2CCN(c3ccc(NC(=O)c4ccccc4OC)cn3)CC2)cc1OC. The Labute approximate surface area is 204 Å². The molecule has 1 saturated heterocycles. The Kier molecular flexibility index (Phi) is 7.35. The zero-order valence-corrected chi connectivity index (χ0v) is 20.0. The first-order valence-electron chi connectivity index (χ1n) is 11.2. The fourth-order valence-electron chi connectivity index (χ4n) is 3.97. The second-order valence-corrected chi connectivity index (χ2v) is 7.91. The zero-order chi connectivity index (χ0) is 24.8. The molecule has 0 unspecified atom stereocenters. The number of nitrogens with one attached hydrogen (secondary N) is 1. The molecule has 1 aromatic heterocycles. The van der Waals surface area contributed by atoms with E-state index in [0.717, 1.165) is 5.82 Å². The van der Waals surface area contributed by atoms with Crippen LogP contribution in [0.4, 0.5) is 11.5 Å². The third-order valence-corrected chi connectivity index (χ3v) is 5.88. The molecule has 1 aliphatic heterocycles. The van der Waals surface area contributed by atoms with Crippen LogP contribution in [0.25, 0.3) is 0 Å². The average Bonchev–Trinajstić information content (AvgIpc) is 2.92. The Morgan fingerprint density at radius 3 is 2.20 bits per heavy atom. The van der Waals surface area contributed by atoms with Crippen LogP contribution in [0.5, 0.6) is 17.2 Å². The summed E-state index contributed by atoms with van der Waals surface area (Å²) in [7, 11) is 4.64. The molecule has 2 amide bonds. The largest absolute Gasteiger partial charge is 0.496 e. The predicted octanol–water partition coefficient (Wildman–Crippen LogP) is 3.32. The van der Waals surface area contributed by atoms with Gasteiger partial charge in [0.1, 0.15) is 11.6 Å². The summed E-state index contributed by atoms with van der Waals surface area (Å²) in [5.41, 5.74) is 1.60. The number of anilines is 2. The van der Waals surface area contributed by atoms with Crippen LogP contribution in [-0.2, 0) is 0 Å². The highest BCUT2D eigenvalue weighted by atomic mass is 16.5. The summed E-state index contributed by atoms with van der Waals surface area (Å²) < 4.78 is 15.8. The van der Waals surface area contributed by atoms with Gasteiger partial charge in [-0.1, -0.05) is 12.1 Å². The third kappa shape index (κ3) is 5.29. The van der Waals surface area contributed by atoms with Crippen molar-refractivity contribution in [2.24, 2.45) is 0 Å². The molecule has 0 saturated carbocycles. The Morgan fingerprint density at radius 2 is 1.54 bits per heavy atom. The highest BCUT2D eigenvalue weighted by Crippen LogP contribution is 2.28. The predicted molar refractivity (Wildman–Crippen MR) is 133 cm³/mol. The van der Waals surface area contributed by atoms with Crippen molar-refractivity contribution in [3.8, 4) is 17.2 Å². The number of carbonyl (C=O) groups excluding carboxylic acids is 2. The monoisotopic (exact) mass is 476 g/mol. The Hall–Kier alpha value is -4.27. The van der Waals surface area contributed by atoms with Crippen molar-refractivity contribution in [1.29, 1.82) is 0 Å². The summed E-state index contributed by atoms with van der Waals surface area (Å²) in [5, 5.41) is 2.85. The van der Waals surface area contributed by atoms with Gasteiger partial charge in [0.2, 0.25) is 0 Å². The van der Waals surface area contributed by atoms with Gasteiger partial charge in [-0.2, -0.15) is 0 Å². The summed E-state index contributed by atoms with van der Waals surface area (Å²) in [6, 6.07) is 15.9. The number of hydrogen-bond donors (Lipinski definition) is 1. The second-order valence-electron chi connectivity index (χ2n) is 7.91. The first-order valence-corrected chi connectivity index (χ1v) is 11.2. The number of benzene rings is 2. The number of piperazine rings is 1. The number of aromatic nitrogens is 1. The zero-order valence-electron chi connectivity index (χ0n) is 20.0. The Morgan fingerprint density at radius 1 is 0.829 bits per heavy atom. The highest BCUT2D eigenvalue weighted by molar-refractivity contribution is 6.06. The Balaban J connectivity index is 1.35. The van der Waals surface area contributed by atoms with Crippen LogP contribution in [0.1, 0.15) is 20.7 Å².